The van der Waals surface area contributed by atoms with Crippen LogP contribution in [0.2, 0.25) is 0 Å². The first-order valence-corrected chi connectivity index (χ1v) is 12.4. The minimum Gasteiger partial charge on any atom is -0.497 e. The maximum absolute atomic E-state index is 13.3. The second kappa shape index (κ2) is 10.7. The standard InChI is InChI=1S/C25H30N4O6S/c1-15-22(24(32)35-5)23(19-7-6-18(33-3)13-20(19)34-4)29-17(14-36-25(29)26-15)12-21(31)28-10-8-27(9-11-28)16(2)30/h6-7,13-14,23H,8-12H2,1-5H3/t23-/m1/s1. The van der Waals surface area contributed by atoms with Gasteiger partial charge < -0.3 is 28.9 Å². The molecular formula is C25H30N4O6S. The smallest absolute Gasteiger partial charge is 0.338 e. The minimum absolute atomic E-state index is 0.0138. The minimum atomic E-state index is -0.602. The van der Waals surface area contributed by atoms with Gasteiger partial charge in [0.15, 0.2) is 5.17 Å². The number of ether oxygens (including phenoxy) is 3. The fourth-order valence-electron chi connectivity index (χ4n) is 4.62. The van der Waals surface area contributed by atoms with Gasteiger partial charge in [0.25, 0.3) is 0 Å². The lowest BCUT2D eigenvalue weighted by molar-refractivity contribution is -0.138. The number of fused-ring (bicyclic) bond motifs is 1. The third kappa shape index (κ3) is 4.79. The number of carbonyl (C=O) groups excluding carboxylic acids is 3. The molecule has 0 aromatic heterocycles. The van der Waals surface area contributed by atoms with Crippen LogP contribution in [0.25, 0.3) is 0 Å². The molecule has 192 valence electrons. The Hall–Kier alpha value is -3.47. The molecule has 1 atom stereocenters. The molecule has 0 saturated carbocycles. The number of allylic oxidation sites excluding steroid dienone is 1. The highest BCUT2D eigenvalue weighted by molar-refractivity contribution is 8.16. The lowest BCUT2D eigenvalue weighted by atomic mass is 9.93. The van der Waals surface area contributed by atoms with Crippen LogP contribution in [-0.4, -0.2) is 85.2 Å². The number of amides is 2. The van der Waals surface area contributed by atoms with E-state index < -0.39 is 12.0 Å². The van der Waals surface area contributed by atoms with E-state index in [4.69, 9.17) is 14.2 Å². The number of rotatable bonds is 6. The van der Waals surface area contributed by atoms with Crippen LogP contribution < -0.4 is 9.47 Å². The number of methoxy groups -OCH3 is 3. The summed E-state index contributed by atoms with van der Waals surface area (Å²) in [4.78, 5) is 47.9. The second-order valence-electron chi connectivity index (χ2n) is 8.56. The Morgan fingerprint density at radius 3 is 2.36 bits per heavy atom. The van der Waals surface area contributed by atoms with Crippen LogP contribution >= 0.6 is 11.8 Å². The molecule has 11 heteroatoms. The van der Waals surface area contributed by atoms with Gasteiger partial charge in [-0.05, 0) is 24.5 Å². The van der Waals surface area contributed by atoms with Gasteiger partial charge in [0.1, 0.15) is 11.5 Å². The zero-order valence-electron chi connectivity index (χ0n) is 21.1. The van der Waals surface area contributed by atoms with Gasteiger partial charge in [0.05, 0.1) is 45.1 Å². The van der Waals surface area contributed by atoms with Gasteiger partial charge in [-0.25, -0.2) is 9.79 Å². The van der Waals surface area contributed by atoms with E-state index in [2.05, 4.69) is 4.99 Å². The van der Waals surface area contributed by atoms with Crippen LogP contribution in [0.4, 0.5) is 0 Å². The number of amidine groups is 1. The number of carbonyl (C=O) groups is 3. The van der Waals surface area contributed by atoms with Crippen molar-refractivity contribution in [2.75, 3.05) is 47.5 Å². The molecule has 36 heavy (non-hydrogen) atoms. The SMILES string of the molecule is COC(=O)C1=C(C)N=C2SC=C(CC(=O)N3CCN(C(C)=O)CC3)N2[C@@H]1c1ccc(OC)cc1OC. The topological polar surface area (TPSA) is 101 Å². The highest BCUT2D eigenvalue weighted by atomic mass is 32.2. The zero-order valence-corrected chi connectivity index (χ0v) is 21.9. The molecule has 2 amide bonds. The third-order valence-corrected chi connectivity index (χ3v) is 7.44. The summed E-state index contributed by atoms with van der Waals surface area (Å²) in [7, 11) is 4.47. The lowest BCUT2D eigenvalue weighted by Crippen LogP contribution is -2.50. The van der Waals surface area contributed by atoms with Gasteiger partial charge >= 0.3 is 5.97 Å². The number of esters is 1. The summed E-state index contributed by atoms with van der Waals surface area (Å²) in [6.45, 7) is 5.33. The van der Waals surface area contributed by atoms with Crippen molar-refractivity contribution in [3.05, 3.63) is 46.1 Å². The molecule has 1 aromatic rings. The molecule has 10 nitrogen and oxygen atoms in total. The Morgan fingerprint density at radius 1 is 1.06 bits per heavy atom. The number of thioether (sulfide) groups is 1. The molecule has 1 fully saturated rings. The predicted molar refractivity (Wildman–Crippen MR) is 135 cm³/mol. The molecule has 0 N–H and O–H groups in total. The van der Waals surface area contributed by atoms with E-state index >= 15 is 0 Å². The Bertz CT molecular complexity index is 1170. The molecule has 4 rings (SSSR count). The Kier molecular flexibility index (Phi) is 7.58. The van der Waals surface area contributed by atoms with Crippen molar-refractivity contribution in [1.29, 1.82) is 0 Å². The average molecular weight is 515 g/mol. The van der Waals surface area contributed by atoms with Gasteiger partial charge in [-0.2, -0.15) is 0 Å². The Morgan fingerprint density at radius 2 is 1.75 bits per heavy atom. The van der Waals surface area contributed by atoms with Crippen LogP contribution in [0, 0.1) is 0 Å². The molecular weight excluding hydrogens is 484 g/mol. The second-order valence-corrected chi connectivity index (χ2v) is 9.39. The quantitative estimate of drug-likeness (QED) is 0.534. The van der Waals surface area contributed by atoms with Crippen LogP contribution in [-0.2, 0) is 19.1 Å². The monoisotopic (exact) mass is 514 g/mol. The molecule has 0 spiro atoms. The number of piperazine rings is 1. The zero-order chi connectivity index (χ0) is 26.0. The summed E-state index contributed by atoms with van der Waals surface area (Å²) in [6.07, 6.45) is 0.133. The first kappa shape index (κ1) is 25.6. The maximum atomic E-state index is 13.3. The summed E-state index contributed by atoms with van der Waals surface area (Å²) in [5.41, 5.74) is 2.38. The van der Waals surface area contributed by atoms with Crippen molar-refractivity contribution in [2.45, 2.75) is 26.3 Å². The van der Waals surface area contributed by atoms with Crippen molar-refractivity contribution in [3.8, 4) is 11.5 Å². The van der Waals surface area contributed by atoms with Crippen LogP contribution in [0.1, 0.15) is 31.9 Å². The van der Waals surface area contributed by atoms with E-state index in [0.717, 1.165) is 11.3 Å². The number of hydrogen-bond donors (Lipinski definition) is 0. The van der Waals surface area contributed by atoms with E-state index in [9.17, 15) is 14.4 Å². The molecule has 3 heterocycles. The van der Waals surface area contributed by atoms with Crippen molar-refractivity contribution in [2.24, 2.45) is 4.99 Å². The van der Waals surface area contributed by atoms with E-state index in [1.807, 2.05) is 16.4 Å². The van der Waals surface area contributed by atoms with Crippen LogP contribution in [0.3, 0.4) is 0 Å². The maximum Gasteiger partial charge on any atom is 0.338 e. The van der Waals surface area contributed by atoms with Crippen LogP contribution in [0.15, 0.2) is 45.6 Å². The van der Waals surface area contributed by atoms with Crippen molar-refractivity contribution in [1.82, 2.24) is 14.7 Å². The van der Waals surface area contributed by atoms with Gasteiger partial charge in [-0.15, -0.1) is 0 Å². The molecule has 3 aliphatic rings. The third-order valence-electron chi connectivity index (χ3n) is 6.55. The van der Waals surface area contributed by atoms with E-state index in [1.54, 1.807) is 43.1 Å². The molecule has 3 aliphatic heterocycles. The number of nitrogens with zero attached hydrogens (tertiary/aromatic N) is 4. The van der Waals surface area contributed by atoms with Gasteiger partial charge in [0.2, 0.25) is 11.8 Å². The predicted octanol–water partition coefficient (Wildman–Crippen LogP) is 2.53. The summed E-state index contributed by atoms with van der Waals surface area (Å²) in [5.74, 6) is 0.628. The normalized spacial score (nSPS) is 19.5. The fourth-order valence-corrected chi connectivity index (χ4v) is 5.58. The first-order valence-electron chi connectivity index (χ1n) is 11.6. The number of hydrogen-bond acceptors (Lipinski definition) is 9. The van der Waals surface area contributed by atoms with E-state index in [1.165, 1.54) is 25.8 Å². The Balaban J connectivity index is 1.67. The van der Waals surface area contributed by atoms with Gasteiger partial charge in [-0.1, -0.05) is 11.8 Å². The summed E-state index contributed by atoms with van der Waals surface area (Å²) in [6, 6.07) is 4.82. The highest BCUT2D eigenvalue weighted by Gasteiger charge is 2.42. The highest BCUT2D eigenvalue weighted by Crippen LogP contribution is 2.47. The van der Waals surface area contributed by atoms with Crippen molar-refractivity contribution >= 4 is 34.7 Å². The van der Waals surface area contributed by atoms with Crippen LogP contribution in [0.5, 0.6) is 11.5 Å². The molecule has 1 aromatic carbocycles. The Labute approximate surface area is 214 Å². The largest absolute Gasteiger partial charge is 0.497 e. The summed E-state index contributed by atoms with van der Waals surface area (Å²) < 4.78 is 16.2. The fraction of sp³-hybridized carbons (Fsp3) is 0.440. The van der Waals surface area contributed by atoms with Crippen molar-refractivity contribution in [3.63, 3.8) is 0 Å². The average Bonchev–Trinajstić information content (AvgIpc) is 3.28. The summed E-state index contributed by atoms with van der Waals surface area (Å²) >= 11 is 1.41. The molecule has 0 radical (unpaired) electrons. The van der Waals surface area contributed by atoms with E-state index in [-0.39, 0.29) is 18.2 Å². The molecule has 0 aliphatic carbocycles. The summed E-state index contributed by atoms with van der Waals surface area (Å²) in [5, 5.41) is 2.58. The van der Waals surface area contributed by atoms with E-state index in [0.29, 0.717) is 54.1 Å². The molecule has 0 bridgehead atoms. The lowest BCUT2D eigenvalue weighted by Gasteiger charge is -2.38. The number of aliphatic imine (C=N–C) groups is 1. The molecule has 1 saturated heterocycles. The van der Waals surface area contributed by atoms with Crippen molar-refractivity contribution < 1.29 is 28.6 Å². The molecule has 0 unspecified atom stereocenters. The van der Waals surface area contributed by atoms with Gasteiger partial charge in [-0.3, -0.25) is 9.59 Å². The first-order chi connectivity index (χ1) is 17.3. The van der Waals surface area contributed by atoms with Gasteiger partial charge in [0, 0.05) is 50.4 Å². The number of benzene rings is 1.